The fourth-order valence-electron chi connectivity index (χ4n) is 4.05. The lowest BCUT2D eigenvalue weighted by Crippen LogP contribution is -2.29. The van der Waals surface area contributed by atoms with Crippen LogP contribution in [0.25, 0.3) is 0 Å². The second-order valence-electron chi connectivity index (χ2n) is 7.96. The molecule has 1 aliphatic heterocycles. The SMILES string of the molecule is CN(Cc1ccccc1N1CCCC1)C(=O)c1ccc(=O)n(Cc2ccccc2Cl)c1. The number of aromatic nitrogens is 1. The van der Waals surface area contributed by atoms with Gasteiger partial charge in [0.1, 0.15) is 0 Å². The van der Waals surface area contributed by atoms with Gasteiger partial charge in [-0.3, -0.25) is 9.59 Å². The van der Waals surface area contributed by atoms with Crippen molar-refractivity contribution in [3.8, 4) is 0 Å². The molecule has 0 bridgehead atoms. The zero-order chi connectivity index (χ0) is 21.8. The first kappa shape index (κ1) is 21.2. The average molecular weight is 436 g/mol. The Balaban J connectivity index is 1.53. The van der Waals surface area contributed by atoms with Gasteiger partial charge in [0.05, 0.1) is 12.1 Å². The minimum absolute atomic E-state index is 0.121. The highest BCUT2D eigenvalue weighted by Crippen LogP contribution is 2.25. The second kappa shape index (κ2) is 9.40. The number of rotatable bonds is 6. The van der Waals surface area contributed by atoms with E-state index in [0.29, 0.717) is 23.7 Å². The largest absolute Gasteiger partial charge is 0.371 e. The van der Waals surface area contributed by atoms with Crippen LogP contribution in [-0.2, 0) is 13.1 Å². The monoisotopic (exact) mass is 435 g/mol. The molecule has 1 amide bonds. The van der Waals surface area contributed by atoms with Crippen LogP contribution in [0.3, 0.4) is 0 Å². The van der Waals surface area contributed by atoms with Gasteiger partial charge in [-0.1, -0.05) is 48.0 Å². The number of para-hydroxylation sites is 1. The quantitative estimate of drug-likeness (QED) is 0.575. The van der Waals surface area contributed by atoms with Gasteiger partial charge < -0.3 is 14.4 Å². The van der Waals surface area contributed by atoms with Gasteiger partial charge in [0.15, 0.2) is 0 Å². The van der Waals surface area contributed by atoms with Crippen molar-refractivity contribution in [1.82, 2.24) is 9.47 Å². The van der Waals surface area contributed by atoms with Crippen molar-refractivity contribution in [3.63, 3.8) is 0 Å². The lowest BCUT2D eigenvalue weighted by molar-refractivity contribution is 0.0784. The topological polar surface area (TPSA) is 45.6 Å². The zero-order valence-corrected chi connectivity index (χ0v) is 18.4. The molecular weight excluding hydrogens is 410 g/mol. The fraction of sp³-hybridized carbons (Fsp3) is 0.280. The normalized spacial score (nSPS) is 13.4. The second-order valence-corrected chi connectivity index (χ2v) is 8.37. The molecule has 2 heterocycles. The van der Waals surface area contributed by atoms with Gasteiger partial charge in [0.2, 0.25) is 0 Å². The summed E-state index contributed by atoms with van der Waals surface area (Å²) < 4.78 is 1.53. The number of anilines is 1. The third kappa shape index (κ3) is 4.83. The summed E-state index contributed by atoms with van der Waals surface area (Å²) in [6, 6.07) is 18.7. The molecule has 0 saturated carbocycles. The van der Waals surface area contributed by atoms with Gasteiger partial charge >= 0.3 is 0 Å². The van der Waals surface area contributed by atoms with Crippen LogP contribution < -0.4 is 10.5 Å². The van der Waals surface area contributed by atoms with Crippen molar-refractivity contribution in [3.05, 3.63) is 98.9 Å². The summed E-state index contributed by atoms with van der Waals surface area (Å²) in [6.45, 7) is 2.94. The van der Waals surface area contributed by atoms with Crippen molar-refractivity contribution in [1.29, 1.82) is 0 Å². The molecule has 1 saturated heterocycles. The van der Waals surface area contributed by atoms with Gasteiger partial charge in [0.25, 0.3) is 11.5 Å². The predicted molar refractivity (Wildman–Crippen MR) is 125 cm³/mol. The Hall–Kier alpha value is -3.05. The molecule has 1 fully saturated rings. The molecule has 0 aliphatic carbocycles. The smallest absolute Gasteiger partial charge is 0.255 e. The van der Waals surface area contributed by atoms with Crippen molar-refractivity contribution in [2.24, 2.45) is 0 Å². The third-order valence-electron chi connectivity index (χ3n) is 5.72. The number of amides is 1. The first-order valence-electron chi connectivity index (χ1n) is 10.5. The van der Waals surface area contributed by atoms with E-state index in [1.807, 2.05) is 30.3 Å². The lowest BCUT2D eigenvalue weighted by atomic mass is 10.1. The number of halogens is 1. The van der Waals surface area contributed by atoms with Crippen LogP contribution in [0.2, 0.25) is 5.02 Å². The van der Waals surface area contributed by atoms with Crippen LogP contribution in [0, 0.1) is 0 Å². The summed E-state index contributed by atoms with van der Waals surface area (Å²) >= 11 is 6.24. The van der Waals surface area contributed by atoms with E-state index in [1.165, 1.54) is 29.2 Å². The zero-order valence-electron chi connectivity index (χ0n) is 17.6. The average Bonchev–Trinajstić information content (AvgIpc) is 3.31. The molecule has 0 N–H and O–H groups in total. The Morgan fingerprint density at radius 3 is 2.39 bits per heavy atom. The third-order valence-corrected chi connectivity index (χ3v) is 6.09. The molecule has 5 nitrogen and oxygen atoms in total. The molecule has 6 heteroatoms. The van der Waals surface area contributed by atoms with Gasteiger partial charge in [0, 0.05) is 49.7 Å². The molecule has 160 valence electrons. The van der Waals surface area contributed by atoms with Gasteiger partial charge in [-0.05, 0) is 42.2 Å². The van der Waals surface area contributed by atoms with Crippen LogP contribution in [0.1, 0.15) is 34.3 Å². The molecule has 4 rings (SSSR count). The van der Waals surface area contributed by atoms with Gasteiger partial charge in [-0.25, -0.2) is 0 Å². The first-order valence-corrected chi connectivity index (χ1v) is 10.9. The number of nitrogens with zero attached hydrogens (tertiary/aromatic N) is 3. The highest BCUT2D eigenvalue weighted by atomic mass is 35.5. The van der Waals surface area contributed by atoms with E-state index in [1.54, 1.807) is 30.3 Å². The van der Waals surface area contributed by atoms with E-state index < -0.39 is 0 Å². The van der Waals surface area contributed by atoms with Crippen LogP contribution in [0.15, 0.2) is 71.7 Å². The number of pyridine rings is 1. The lowest BCUT2D eigenvalue weighted by Gasteiger charge is -2.24. The molecule has 0 radical (unpaired) electrons. The maximum absolute atomic E-state index is 13.1. The predicted octanol–water partition coefficient (Wildman–Crippen LogP) is 4.42. The number of hydrogen-bond donors (Lipinski definition) is 0. The number of carbonyl (C=O) groups is 1. The van der Waals surface area contributed by atoms with Crippen molar-refractivity contribution >= 4 is 23.2 Å². The van der Waals surface area contributed by atoms with Crippen molar-refractivity contribution in [2.75, 3.05) is 25.0 Å². The maximum atomic E-state index is 13.1. The summed E-state index contributed by atoms with van der Waals surface area (Å²) in [5.74, 6) is -0.121. The molecule has 31 heavy (non-hydrogen) atoms. The minimum atomic E-state index is -0.168. The molecule has 1 aliphatic rings. The highest BCUT2D eigenvalue weighted by molar-refractivity contribution is 6.31. The minimum Gasteiger partial charge on any atom is -0.371 e. The Morgan fingerprint density at radius 1 is 0.968 bits per heavy atom. The van der Waals surface area contributed by atoms with E-state index in [9.17, 15) is 9.59 Å². The molecule has 0 unspecified atom stereocenters. The molecule has 3 aromatic rings. The maximum Gasteiger partial charge on any atom is 0.255 e. The van der Waals surface area contributed by atoms with E-state index in [-0.39, 0.29) is 11.5 Å². The summed E-state index contributed by atoms with van der Waals surface area (Å²) in [5, 5.41) is 0.599. The summed E-state index contributed by atoms with van der Waals surface area (Å²) in [4.78, 5) is 29.6. The van der Waals surface area contributed by atoms with E-state index in [2.05, 4.69) is 17.0 Å². The number of carbonyl (C=O) groups excluding carboxylic acids is 1. The fourth-order valence-corrected chi connectivity index (χ4v) is 4.25. The van der Waals surface area contributed by atoms with E-state index in [4.69, 9.17) is 11.6 Å². The number of hydrogen-bond acceptors (Lipinski definition) is 3. The first-order chi connectivity index (χ1) is 15.0. The molecule has 0 spiro atoms. The molecule has 2 aromatic carbocycles. The highest BCUT2D eigenvalue weighted by Gasteiger charge is 2.19. The van der Waals surface area contributed by atoms with Crippen molar-refractivity contribution in [2.45, 2.75) is 25.9 Å². The van der Waals surface area contributed by atoms with Gasteiger partial charge in [-0.2, -0.15) is 0 Å². The molecule has 0 atom stereocenters. The Kier molecular flexibility index (Phi) is 6.42. The van der Waals surface area contributed by atoms with Crippen LogP contribution in [0.5, 0.6) is 0 Å². The Labute approximate surface area is 187 Å². The summed E-state index contributed by atoms with van der Waals surface area (Å²) in [6.07, 6.45) is 4.03. The van der Waals surface area contributed by atoms with Gasteiger partial charge in [-0.15, -0.1) is 0 Å². The van der Waals surface area contributed by atoms with E-state index in [0.717, 1.165) is 24.2 Å². The van der Waals surface area contributed by atoms with Crippen LogP contribution >= 0.6 is 11.6 Å². The standard InChI is InChI=1S/C25H26ClN3O2/c1-27(16-20-9-3-5-11-23(20)28-14-6-7-15-28)25(31)21-12-13-24(30)29(18-21)17-19-8-2-4-10-22(19)26/h2-5,8-13,18H,6-7,14-17H2,1H3. The van der Waals surface area contributed by atoms with Crippen LogP contribution in [-0.4, -0.2) is 35.5 Å². The Bertz CT molecular complexity index is 1140. The van der Waals surface area contributed by atoms with Crippen LogP contribution in [0.4, 0.5) is 5.69 Å². The van der Waals surface area contributed by atoms with Crippen molar-refractivity contribution < 1.29 is 4.79 Å². The molecule has 1 aromatic heterocycles. The molecular formula is C25H26ClN3O2. The Morgan fingerprint density at radius 2 is 1.65 bits per heavy atom. The summed E-state index contributed by atoms with van der Waals surface area (Å²) in [5.41, 5.74) is 3.48. The summed E-state index contributed by atoms with van der Waals surface area (Å²) in [7, 11) is 1.80. The van der Waals surface area contributed by atoms with E-state index >= 15 is 0 Å². The number of benzene rings is 2.